The van der Waals surface area contributed by atoms with E-state index in [2.05, 4.69) is 0 Å². The fraction of sp³-hybridized carbons (Fsp3) is 0.324. The average molecular weight is 971 g/mol. The van der Waals surface area contributed by atoms with Gasteiger partial charge in [-0.1, -0.05) is 0 Å². The lowest BCUT2D eigenvalue weighted by atomic mass is 9.95. The van der Waals surface area contributed by atoms with Crippen LogP contribution in [-0.2, 0) is 4.79 Å². The molecule has 0 spiro atoms. The lowest BCUT2D eigenvalue weighted by molar-refractivity contribution is -0.254. The van der Waals surface area contributed by atoms with Crippen molar-refractivity contribution in [2.75, 3.05) is 0 Å². The third-order valence-electron chi connectivity index (χ3n) is 8.92. The SMILES string of the molecule is CC(C)=O.Cc1sc(C(=O)O)cc1C1=C(c2cc(C(=O)O)sc2C)C(F)(F)C(F)(F)C1(F)F.Cc1sc(C(=O)O)cc1C1=C(c2cc(C(=O)O)sc2C)C(F)(F)C(F)(F)C1(F)F. The second-order valence-corrected chi connectivity index (χ2v) is 18.4. The van der Waals surface area contributed by atoms with E-state index in [1.807, 2.05) is 0 Å². The summed E-state index contributed by atoms with van der Waals surface area (Å²) in [4.78, 5) is 51.3. The molecular formula is C37H26F12O9S4. The number of carboxylic acid groups (broad SMARTS) is 4. The molecule has 25 heteroatoms. The Balaban J connectivity index is 0.000000251. The standard InChI is InChI=1S/2C17H10F6O4S2.C3H6O/c2*1-5-7(3-9(28-5)13(24)25)11-12(8-4-10(14(26)27)29-6(8)2)16(20,21)17(22,23)15(11,18)19;1-3(2)4/h2*3-4H,1-2H3,(H,24,25)(H,26,27);1-2H3. The number of allylic oxidation sites excluding steroid dienone is 4. The lowest BCUT2D eigenvalue weighted by Crippen LogP contribution is -2.48. The molecule has 0 radical (unpaired) electrons. The largest absolute Gasteiger partial charge is 0.477 e. The highest BCUT2D eigenvalue weighted by Crippen LogP contribution is 2.67. The quantitative estimate of drug-likeness (QED) is 0.126. The van der Waals surface area contributed by atoms with Gasteiger partial charge in [0.2, 0.25) is 0 Å². The maximum Gasteiger partial charge on any atom is 0.380 e. The molecule has 2 aliphatic carbocycles. The molecule has 0 aliphatic heterocycles. The summed E-state index contributed by atoms with van der Waals surface area (Å²) in [6.45, 7) is 7.63. The van der Waals surface area contributed by atoms with Gasteiger partial charge in [-0.25, -0.2) is 19.2 Å². The van der Waals surface area contributed by atoms with E-state index >= 15 is 0 Å². The van der Waals surface area contributed by atoms with Crippen LogP contribution in [0.2, 0.25) is 0 Å². The van der Waals surface area contributed by atoms with E-state index < -0.39 is 123 Å². The van der Waals surface area contributed by atoms with Crippen molar-refractivity contribution in [3.63, 3.8) is 0 Å². The number of aryl methyl sites for hydroxylation is 4. The summed E-state index contributed by atoms with van der Waals surface area (Å²) in [7, 11) is 0. The number of thiophene rings is 4. The highest BCUT2D eigenvalue weighted by molar-refractivity contribution is 7.15. The van der Waals surface area contributed by atoms with E-state index in [-0.39, 0.29) is 25.3 Å². The molecular weight excluding hydrogens is 945 g/mol. The number of carboxylic acids is 4. The number of carbonyl (C=O) groups excluding carboxylic acids is 1. The fourth-order valence-corrected chi connectivity index (χ4v) is 9.67. The van der Waals surface area contributed by atoms with Crippen molar-refractivity contribution in [2.24, 2.45) is 0 Å². The Morgan fingerprint density at radius 3 is 0.645 bits per heavy atom. The Kier molecular flexibility index (Phi) is 13.0. The highest BCUT2D eigenvalue weighted by atomic mass is 32.1. The van der Waals surface area contributed by atoms with Crippen LogP contribution < -0.4 is 0 Å². The van der Waals surface area contributed by atoms with Gasteiger partial charge < -0.3 is 25.2 Å². The van der Waals surface area contributed by atoms with Crippen molar-refractivity contribution >= 4 is 97.3 Å². The van der Waals surface area contributed by atoms with E-state index in [1.54, 1.807) is 0 Å². The molecule has 2 aliphatic rings. The second-order valence-electron chi connectivity index (χ2n) is 13.4. The molecule has 4 aromatic rings. The molecule has 0 aromatic carbocycles. The Labute approximate surface area is 355 Å². The number of aromatic carboxylic acids is 4. The summed E-state index contributed by atoms with van der Waals surface area (Å²) in [6.07, 6.45) is 0. The van der Waals surface area contributed by atoms with Gasteiger partial charge in [0.1, 0.15) is 25.3 Å². The maximum absolute atomic E-state index is 14.6. The summed E-state index contributed by atoms with van der Waals surface area (Å²) in [6, 6.07) is 2.57. The van der Waals surface area contributed by atoms with Crippen LogP contribution in [0.5, 0.6) is 0 Å². The first-order valence-corrected chi connectivity index (χ1v) is 19.9. The number of hydrogen-bond donors (Lipinski definition) is 4. The predicted molar refractivity (Wildman–Crippen MR) is 204 cm³/mol. The minimum atomic E-state index is -5.81. The van der Waals surface area contributed by atoms with E-state index in [1.165, 1.54) is 13.8 Å². The number of Topliss-reactive ketones (excluding diaryl/α,β-unsaturated/α-hetero) is 1. The van der Waals surface area contributed by atoms with Crippen molar-refractivity contribution < 1.29 is 97.1 Å². The molecule has 0 atom stereocenters. The van der Waals surface area contributed by atoms with Crippen LogP contribution in [-0.4, -0.2) is 85.6 Å². The maximum atomic E-state index is 14.6. The molecule has 4 aromatic heterocycles. The number of carbonyl (C=O) groups is 5. The van der Waals surface area contributed by atoms with Crippen LogP contribution in [0.25, 0.3) is 22.3 Å². The average Bonchev–Trinajstić information content (AvgIpc) is 3.92. The topological polar surface area (TPSA) is 166 Å². The molecule has 4 N–H and O–H groups in total. The molecule has 0 unspecified atom stereocenters. The van der Waals surface area contributed by atoms with Gasteiger partial charge in [-0.3, -0.25) is 0 Å². The van der Waals surface area contributed by atoms with Crippen molar-refractivity contribution in [1.29, 1.82) is 0 Å². The van der Waals surface area contributed by atoms with Gasteiger partial charge in [0.25, 0.3) is 0 Å². The molecule has 0 saturated carbocycles. The monoisotopic (exact) mass is 970 g/mol. The number of halogens is 12. The molecule has 9 nitrogen and oxygen atoms in total. The molecule has 62 heavy (non-hydrogen) atoms. The molecule has 4 heterocycles. The zero-order valence-electron chi connectivity index (χ0n) is 31.8. The van der Waals surface area contributed by atoms with Crippen LogP contribution in [0.4, 0.5) is 52.7 Å². The summed E-state index contributed by atoms with van der Waals surface area (Å²) in [5.74, 6) is -38.9. The van der Waals surface area contributed by atoms with Gasteiger partial charge in [0.05, 0.1) is 0 Å². The molecule has 0 amide bonds. The van der Waals surface area contributed by atoms with Crippen molar-refractivity contribution in [3.8, 4) is 0 Å². The Bertz CT molecular complexity index is 2270. The fourth-order valence-electron chi connectivity index (χ4n) is 6.21. The lowest BCUT2D eigenvalue weighted by Gasteiger charge is -2.25. The van der Waals surface area contributed by atoms with Crippen molar-refractivity contribution in [2.45, 2.75) is 77.1 Å². The van der Waals surface area contributed by atoms with Crippen LogP contribution in [0.15, 0.2) is 24.3 Å². The first-order valence-electron chi connectivity index (χ1n) is 16.6. The number of hydrogen-bond acceptors (Lipinski definition) is 9. The normalized spacial score (nSPS) is 18.7. The second kappa shape index (κ2) is 16.3. The van der Waals surface area contributed by atoms with Gasteiger partial charge in [-0.15, -0.1) is 45.3 Å². The molecule has 336 valence electrons. The third kappa shape index (κ3) is 7.84. The molecule has 0 saturated heterocycles. The molecule has 0 fully saturated rings. The van der Waals surface area contributed by atoms with Gasteiger partial charge in [-0.05, 0) is 88.1 Å². The van der Waals surface area contributed by atoms with Crippen LogP contribution in [0, 0.1) is 27.7 Å². The predicted octanol–water partition coefficient (Wildman–Crippen LogP) is 11.9. The first kappa shape index (κ1) is 49.6. The van der Waals surface area contributed by atoms with Gasteiger partial charge in [0.15, 0.2) is 0 Å². The summed E-state index contributed by atoms with van der Waals surface area (Å²) in [5, 5.41) is 36.2. The number of alkyl halides is 12. The Hall–Kier alpha value is -5.01. The van der Waals surface area contributed by atoms with Crippen molar-refractivity contribution in [3.05, 3.63) is 85.5 Å². The van der Waals surface area contributed by atoms with E-state index in [9.17, 15) is 76.7 Å². The first-order chi connectivity index (χ1) is 28.0. The minimum absolute atomic E-state index is 0.167. The number of rotatable bonds is 8. The van der Waals surface area contributed by atoms with E-state index in [0.29, 0.717) is 69.6 Å². The summed E-state index contributed by atoms with van der Waals surface area (Å²) in [5.41, 5.74) is -9.78. The third-order valence-corrected chi connectivity index (χ3v) is 13.1. The van der Waals surface area contributed by atoms with Gasteiger partial charge in [-0.2, -0.15) is 52.7 Å². The van der Waals surface area contributed by atoms with E-state index in [0.717, 1.165) is 27.7 Å². The smallest absolute Gasteiger partial charge is 0.380 e. The van der Waals surface area contributed by atoms with Crippen molar-refractivity contribution in [1.82, 2.24) is 0 Å². The van der Waals surface area contributed by atoms with Gasteiger partial charge in [0, 0.05) is 41.8 Å². The van der Waals surface area contributed by atoms with Crippen LogP contribution >= 0.6 is 45.3 Å². The minimum Gasteiger partial charge on any atom is -0.477 e. The Morgan fingerprint density at radius 1 is 0.387 bits per heavy atom. The zero-order valence-corrected chi connectivity index (χ0v) is 35.1. The zero-order chi connectivity index (χ0) is 47.8. The molecule has 6 rings (SSSR count). The summed E-state index contributed by atoms with van der Waals surface area (Å²) < 4.78 is 174. The van der Waals surface area contributed by atoms with Crippen LogP contribution in [0.3, 0.4) is 0 Å². The van der Waals surface area contributed by atoms with Gasteiger partial charge >= 0.3 is 59.4 Å². The Morgan fingerprint density at radius 2 is 0.532 bits per heavy atom. The highest BCUT2D eigenvalue weighted by Gasteiger charge is 2.81. The van der Waals surface area contributed by atoms with E-state index in [4.69, 9.17) is 20.4 Å². The van der Waals surface area contributed by atoms with Crippen LogP contribution in [0.1, 0.15) is 94.3 Å². The summed E-state index contributed by atoms with van der Waals surface area (Å²) >= 11 is 1.89. The molecule has 0 bridgehead atoms. The number of ketones is 1.